The van der Waals surface area contributed by atoms with Crippen LogP contribution in [0.4, 0.5) is 17.1 Å². The number of non-ortho nitro benzene ring substituents is 1. The van der Waals surface area contributed by atoms with Gasteiger partial charge in [-0.25, -0.2) is 4.68 Å². The molecule has 2 heterocycles. The largest absolute Gasteiger partial charge is 0.457 e. The van der Waals surface area contributed by atoms with E-state index in [1.807, 2.05) is 19.9 Å². The van der Waals surface area contributed by atoms with Crippen LogP contribution in [0.2, 0.25) is 0 Å². The van der Waals surface area contributed by atoms with Crippen molar-refractivity contribution in [1.29, 1.82) is 0 Å². The van der Waals surface area contributed by atoms with Crippen molar-refractivity contribution >= 4 is 23.0 Å². The summed E-state index contributed by atoms with van der Waals surface area (Å²) in [6.45, 7) is 7.00. The number of nitrogens with one attached hydrogen (secondary N) is 1. The van der Waals surface area contributed by atoms with Gasteiger partial charge in [0.1, 0.15) is 29.6 Å². The third kappa shape index (κ3) is 5.61. The maximum atomic E-state index is 12.8. The van der Waals surface area contributed by atoms with Crippen molar-refractivity contribution in [2.75, 3.05) is 5.32 Å². The second kappa shape index (κ2) is 9.89. The Morgan fingerprint density at radius 1 is 0.946 bits per heavy atom. The molecule has 0 atom stereocenters. The first-order valence-electron chi connectivity index (χ1n) is 11.1. The normalized spacial score (nSPS) is 10.8. The lowest BCUT2D eigenvalue weighted by Crippen LogP contribution is -2.16. The number of carbonyl (C=O) groups excluding carboxylic acids is 1. The molecule has 2 aromatic carbocycles. The monoisotopic (exact) mass is 505 g/mol. The maximum absolute atomic E-state index is 12.8. The van der Waals surface area contributed by atoms with Gasteiger partial charge in [-0.05, 0) is 57.0 Å². The number of amides is 1. The van der Waals surface area contributed by atoms with Crippen LogP contribution in [0, 0.1) is 47.9 Å². The molecule has 2 aromatic heterocycles. The van der Waals surface area contributed by atoms with Gasteiger partial charge < -0.3 is 10.1 Å². The number of aromatic nitrogens is 4. The summed E-state index contributed by atoms with van der Waals surface area (Å²) >= 11 is 0. The van der Waals surface area contributed by atoms with Crippen molar-refractivity contribution in [1.82, 2.24) is 19.6 Å². The lowest BCUT2D eigenvalue weighted by Gasteiger charge is -2.10. The van der Waals surface area contributed by atoms with E-state index in [-0.39, 0.29) is 40.9 Å². The number of carbonyl (C=O) groups is 1. The van der Waals surface area contributed by atoms with Gasteiger partial charge in [0.05, 0.1) is 21.6 Å². The molecule has 0 aliphatic heterocycles. The van der Waals surface area contributed by atoms with Crippen LogP contribution in [0.1, 0.15) is 33.0 Å². The molecule has 13 nitrogen and oxygen atoms in total. The summed E-state index contributed by atoms with van der Waals surface area (Å²) in [5.41, 5.74) is 2.44. The Balaban J connectivity index is 1.53. The summed E-state index contributed by atoms with van der Waals surface area (Å²) in [5.74, 6) is 0.0977. The average molecular weight is 505 g/mol. The molecule has 0 fully saturated rings. The Morgan fingerprint density at radius 2 is 1.62 bits per heavy atom. The molecule has 0 saturated carbocycles. The number of ether oxygens (including phenoxy) is 1. The van der Waals surface area contributed by atoms with Crippen LogP contribution in [0.25, 0.3) is 0 Å². The van der Waals surface area contributed by atoms with Crippen LogP contribution in [0.3, 0.4) is 0 Å². The zero-order valence-electron chi connectivity index (χ0n) is 20.5. The van der Waals surface area contributed by atoms with Crippen molar-refractivity contribution in [3.05, 3.63) is 97.1 Å². The molecule has 190 valence electrons. The number of aryl methyl sites for hydroxylation is 3. The fourth-order valence-corrected chi connectivity index (χ4v) is 3.93. The zero-order chi connectivity index (χ0) is 26.9. The molecule has 0 radical (unpaired) electrons. The minimum atomic E-state index is -0.601. The molecule has 37 heavy (non-hydrogen) atoms. The number of benzene rings is 2. The van der Waals surface area contributed by atoms with Gasteiger partial charge in [-0.3, -0.25) is 29.7 Å². The molecule has 0 unspecified atom stereocenters. The van der Waals surface area contributed by atoms with Crippen molar-refractivity contribution < 1.29 is 19.4 Å². The van der Waals surface area contributed by atoms with Gasteiger partial charge in [0.25, 0.3) is 11.6 Å². The van der Waals surface area contributed by atoms with E-state index in [4.69, 9.17) is 4.74 Å². The molecule has 0 bridgehead atoms. The summed E-state index contributed by atoms with van der Waals surface area (Å²) in [6, 6.07) is 11.0. The van der Waals surface area contributed by atoms with E-state index in [1.54, 1.807) is 26.0 Å². The quantitative estimate of drug-likeness (QED) is 0.267. The Kier molecular flexibility index (Phi) is 6.69. The van der Waals surface area contributed by atoms with E-state index >= 15 is 0 Å². The van der Waals surface area contributed by atoms with Gasteiger partial charge in [0.2, 0.25) is 0 Å². The second-order valence-electron chi connectivity index (χ2n) is 8.51. The van der Waals surface area contributed by atoms with Gasteiger partial charge in [-0.1, -0.05) is 6.07 Å². The number of hydrogen-bond acceptors (Lipinski definition) is 8. The average Bonchev–Trinajstić information content (AvgIpc) is 3.37. The number of nitro groups is 2. The maximum Gasteiger partial charge on any atom is 0.312 e. The Bertz CT molecular complexity index is 1520. The van der Waals surface area contributed by atoms with Crippen LogP contribution in [-0.4, -0.2) is 35.3 Å². The number of hydrogen-bond donors (Lipinski definition) is 1. The van der Waals surface area contributed by atoms with E-state index < -0.39 is 15.8 Å². The molecule has 0 saturated heterocycles. The summed E-state index contributed by atoms with van der Waals surface area (Å²) < 4.78 is 8.65. The summed E-state index contributed by atoms with van der Waals surface area (Å²) in [6.07, 6.45) is 1.53. The molecular formula is C24H23N7O6. The fourth-order valence-electron chi connectivity index (χ4n) is 3.93. The number of rotatable bonds is 8. The second-order valence-corrected chi connectivity index (χ2v) is 8.51. The molecule has 1 N–H and O–H groups in total. The highest BCUT2D eigenvalue weighted by Crippen LogP contribution is 2.31. The summed E-state index contributed by atoms with van der Waals surface area (Å²) in [4.78, 5) is 34.4. The van der Waals surface area contributed by atoms with E-state index in [0.717, 1.165) is 11.1 Å². The highest BCUT2D eigenvalue weighted by molar-refractivity contribution is 6.03. The van der Waals surface area contributed by atoms with Crippen LogP contribution >= 0.6 is 0 Å². The lowest BCUT2D eigenvalue weighted by molar-refractivity contribution is -0.386. The minimum Gasteiger partial charge on any atom is -0.457 e. The SMILES string of the molecule is Cc1cc(C)cc(Oc2cc(NC(=O)c3ccn(Cn4nc(C)c([N+](=O)[O-])c4C)n3)cc([N+](=O)[O-])c2)c1. The molecule has 0 spiro atoms. The van der Waals surface area contributed by atoms with Gasteiger partial charge in [-0.15, -0.1) is 0 Å². The first kappa shape index (κ1) is 25.0. The van der Waals surface area contributed by atoms with Gasteiger partial charge in [-0.2, -0.15) is 10.2 Å². The molecule has 1 amide bonds. The zero-order valence-corrected chi connectivity index (χ0v) is 20.5. The number of anilines is 1. The molecule has 4 aromatic rings. The lowest BCUT2D eigenvalue weighted by atomic mass is 10.1. The van der Waals surface area contributed by atoms with E-state index in [1.165, 1.54) is 39.8 Å². The third-order valence-corrected chi connectivity index (χ3v) is 5.47. The van der Waals surface area contributed by atoms with Crippen molar-refractivity contribution in [2.45, 2.75) is 34.4 Å². The molecule has 4 rings (SSSR count). The highest BCUT2D eigenvalue weighted by atomic mass is 16.6. The summed E-state index contributed by atoms with van der Waals surface area (Å²) in [7, 11) is 0. The van der Waals surface area contributed by atoms with Crippen LogP contribution < -0.4 is 10.1 Å². The minimum absolute atomic E-state index is 0.0410. The van der Waals surface area contributed by atoms with E-state index in [2.05, 4.69) is 15.5 Å². The number of nitrogens with zero attached hydrogens (tertiary/aromatic N) is 6. The predicted molar refractivity (Wildman–Crippen MR) is 133 cm³/mol. The standard InChI is InChI=1S/C24H23N7O6/c1-14-7-15(2)9-20(8-14)37-21-11-18(10-19(12-21)30(33)34)25-24(32)22-5-6-28(27-22)13-29-17(4)23(31(35)36)16(3)26-29/h5-12H,13H2,1-4H3,(H,25,32). The first-order valence-corrected chi connectivity index (χ1v) is 11.1. The molecular weight excluding hydrogens is 482 g/mol. The molecule has 0 aliphatic carbocycles. The summed E-state index contributed by atoms with van der Waals surface area (Å²) in [5, 5.41) is 33.7. The number of nitro benzene ring substituents is 1. The van der Waals surface area contributed by atoms with Gasteiger partial charge in [0.15, 0.2) is 5.69 Å². The van der Waals surface area contributed by atoms with Gasteiger partial charge in [0, 0.05) is 18.3 Å². The van der Waals surface area contributed by atoms with E-state index in [9.17, 15) is 25.0 Å². The predicted octanol–water partition coefficient (Wildman–Crippen LogP) is 4.68. The smallest absolute Gasteiger partial charge is 0.312 e. The van der Waals surface area contributed by atoms with Crippen molar-refractivity contribution in [3.63, 3.8) is 0 Å². The third-order valence-electron chi connectivity index (χ3n) is 5.47. The first-order chi connectivity index (χ1) is 17.5. The topological polar surface area (TPSA) is 160 Å². The van der Waals surface area contributed by atoms with Crippen molar-refractivity contribution in [3.8, 4) is 11.5 Å². The fraction of sp³-hybridized carbons (Fsp3) is 0.208. The Hall–Kier alpha value is -5.07. The molecule has 13 heteroatoms. The highest BCUT2D eigenvalue weighted by Gasteiger charge is 2.22. The van der Waals surface area contributed by atoms with Crippen LogP contribution in [0.15, 0.2) is 48.7 Å². The van der Waals surface area contributed by atoms with Crippen molar-refractivity contribution in [2.24, 2.45) is 0 Å². The molecule has 0 aliphatic rings. The van der Waals surface area contributed by atoms with E-state index in [0.29, 0.717) is 11.4 Å². The van der Waals surface area contributed by atoms with Crippen LogP contribution in [-0.2, 0) is 6.67 Å². The van der Waals surface area contributed by atoms with Crippen LogP contribution in [0.5, 0.6) is 11.5 Å². The van der Waals surface area contributed by atoms with Gasteiger partial charge >= 0.3 is 5.69 Å². The Morgan fingerprint density at radius 3 is 2.24 bits per heavy atom. The Labute approximate surface area is 210 Å².